The fourth-order valence-corrected chi connectivity index (χ4v) is 4.16. The molecule has 0 atom stereocenters. The van der Waals surface area contributed by atoms with Crippen LogP contribution >= 0.6 is 0 Å². The van der Waals surface area contributed by atoms with E-state index in [0.717, 1.165) is 35.1 Å². The lowest BCUT2D eigenvalue weighted by Crippen LogP contribution is -2.31. The van der Waals surface area contributed by atoms with Gasteiger partial charge in [0.1, 0.15) is 11.5 Å². The Bertz CT molecular complexity index is 1270. The van der Waals surface area contributed by atoms with Gasteiger partial charge in [0, 0.05) is 35.6 Å². The standard InChI is InChI=1S/C27H27N3O3/c1-2-30-24-8-4-3-6-21(24)16-25(30)27(32)29(18-23-7-5-15-33-23)17-19-9-11-20(12-10-19)26(31)28-22-13-14-22/h3-12,15-16,22H,2,13-14,17-18H2,1H3,(H,28,31). The van der Waals surface area contributed by atoms with Gasteiger partial charge in [-0.2, -0.15) is 0 Å². The predicted octanol–water partition coefficient (Wildman–Crippen LogP) is 4.99. The Hall–Kier alpha value is -3.80. The number of benzene rings is 2. The van der Waals surface area contributed by atoms with Crippen molar-refractivity contribution in [2.75, 3.05) is 0 Å². The van der Waals surface area contributed by atoms with E-state index in [1.54, 1.807) is 11.2 Å². The fourth-order valence-electron chi connectivity index (χ4n) is 4.16. The average Bonchev–Trinajstić information content (AvgIpc) is 3.35. The molecule has 0 spiro atoms. The summed E-state index contributed by atoms with van der Waals surface area (Å²) in [7, 11) is 0. The van der Waals surface area contributed by atoms with Gasteiger partial charge < -0.3 is 19.2 Å². The van der Waals surface area contributed by atoms with E-state index in [2.05, 4.69) is 9.88 Å². The van der Waals surface area contributed by atoms with Crippen LogP contribution in [-0.4, -0.2) is 27.3 Å². The first-order chi connectivity index (χ1) is 16.1. The number of hydrogen-bond acceptors (Lipinski definition) is 3. The molecule has 0 unspecified atom stereocenters. The van der Waals surface area contributed by atoms with E-state index < -0.39 is 0 Å². The smallest absolute Gasteiger partial charge is 0.271 e. The molecule has 0 bridgehead atoms. The summed E-state index contributed by atoms with van der Waals surface area (Å²) in [4.78, 5) is 27.8. The molecule has 2 aromatic heterocycles. The zero-order chi connectivity index (χ0) is 22.8. The van der Waals surface area contributed by atoms with Crippen LogP contribution < -0.4 is 5.32 Å². The van der Waals surface area contributed by atoms with E-state index in [0.29, 0.717) is 36.9 Å². The Morgan fingerprint density at radius 2 is 1.82 bits per heavy atom. The molecule has 4 aromatic rings. The minimum Gasteiger partial charge on any atom is -0.467 e. The molecule has 33 heavy (non-hydrogen) atoms. The molecule has 5 rings (SSSR count). The second kappa shape index (κ2) is 8.98. The Morgan fingerprint density at radius 1 is 1.03 bits per heavy atom. The maximum atomic E-state index is 13.7. The maximum absolute atomic E-state index is 13.7. The molecular weight excluding hydrogens is 414 g/mol. The molecule has 6 nitrogen and oxygen atoms in total. The number of fused-ring (bicyclic) bond motifs is 1. The molecule has 2 amide bonds. The highest BCUT2D eigenvalue weighted by molar-refractivity contribution is 5.99. The summed E-state index contributed by atoms with van der Waals surface area (Å²) in [6, 6.07) is 21.5. The van der Waals surface area contributed by atoms with Crippen LogP contribution in [0, 0.1) is 0 Å². The van der Waals surface area contributed by atoms with E-state index >= 15 is 0 Å². The van der Waals surface area contributed by atoms with Crippen LogP contribution in [0.5, 0.6) is 0 Å². The third kappa shape index (κ3) is 4.55. The Kier molecular flexibility index (Phi) is 5.73. The molecule has 1 aliphatic rings. The highest BCUT2D eigenvalue weighted by Gasteiger charge is 2.24. The summed E-state index contributed by atoms with van der Waals surface area (Å²) >= 11 is 0. The van der Waals surface area contributed by atoms with Gasteiger partial charge in [0.2, 0.25) is 0 Å². The minimum atomic E-state index is -0.0556. The van der Waals surface area contributed by atoms with Crippen LogP contribution in [0.3, 0.4) is 0 Å². The van der Waals surface area contributed by atoms with Crippen LogP contribution in [0.1, 0.15) is 51.9 Å². The topological polar surface area (TPSA) is 67.5 Å². The number of carbonyl (C=O) groups excluding carboxylic acids is 2. The number of nitrogens with one attached hydrogen (secondary N) is 1. The van der Waals surface area contributed by atoms with E-state index in [9.17, 15) is 9.59 Å². The van der Waals surface area contributed by atoms with Gasteiger partial charge >= 0.3 is 0 Å². The third-order valence-corrected chi connectivity index (χ3v) is 6.06. The first-order valence-corrected chi connectivity index (χ1v) is 11.4. The van der Waals surface area contributed by atoms with Crippen LogP contribution in [0.25, 0.3) is 10.9 Å². The molecule has 2 aromatic carbocycles. The summed E-state index contributed by atoms with van der Waals surface area (Å²) < 4.78 is 7.60. The lowest BCUT2D eigenvalue weighted by molar-refractivity contribution is 0.0707. The SMILES string of the molecule is CCn1c(C(=O)N(Cc2ccc(C(=O)NC3CC3)cc2)Cc2ccco2)cc2ccccc21. The second-order valence-electron chi connectivity index (χ2n) is 8.52. The van der Waals surface area contributed by atoms with Crippen molar-refractivity contribution in [1.29, 1.82) is 0 Å². The predicted molar refractivity (Wildman–Crippen MR) is 127 cm³/mol. The summed E-state index contributed by atoms with van der Waals surface area (Å²) in [5.41, 5.74) is 3.30. The molecule has 1 N–H and O–H groups in total. The number of aromatic nitrogens is 1. The zero-order valence-corrected chi connectivity index (χ0v) is 18.7. The van der Waals surface area contributed by atoms with Crippen LogP contribution in [0.15, 0.2) is 77.4 Å². The van der Waals surface area contributed by atoms with Crippen molar-refractivity contribution in [2.24, 2.45) is 0 Å². The van der Waals surface area contributed by atoms with Crippen molar-refractivity contribution in [3.8, 4) is 0 Å². The van der Waals surface area contributed by atoms with Crippen molar-refractivity contribution >= 4 is 22.7 Å². The Morgan fingerprint density at radius 3 is 2.52 bits per heavy atom. The Labute approximate surface area is 192 Å². The molecule has 1 aliphatic carbocycles. The van der Waals surface area contributed by atoms with E-state index in [4.69, 9.17) is 4.42 Å². The van der Waals surface area contributed by atoms with Gasteiger partial charge in [0.05, 0.1) is 12.8 Å². The molecule has 168 valence electrons. The van der Waals surface area contributed by atoms with Gasteiger partial charge in [-0.05, 0) is 61.7 Å². The number of carbonyl (C=O) groups is 2. The maximum Gasteiger partial charge on any atom is 0.271 e. The van der Waals surface area contributed by atoms with Gasteiger partial charge in [-0.3, -0.25) is 9.59 Å². The van der Waals surface area contributed by atoms with E-state index in [1.165, 1.54) is 0 Å². The molecular formula is C27H27N3O3. The van der Waals surface area contributed by atoms with Crippen LogP contribution in [0.4, 0.5) is 0 Å². The summed E-state index contributed by atoms with van der Waals surface area (Å²) in [6.07, 6.45) is 3.73. The molecule has 0 radical (unpaired) electrons. The first-order valence-electron chi connectivity index (χ1n) is 11.4. The van der Waals surface area contributed by atoms with Gasteiger partial charge in [0.15, 0.2) is 0 Å². The number of amides is 2. The lowest BCUT2D eigenvalue weighted by Gasteiger charge is -2.23. The van der Waals surface area contributed by atoms with Crippen molar-refractivity contribution < 1.29 is 14.0 Å². The molecule has 1 fully saturated rings. The molecule has 2 heterocycles. The molecule has 0 aliphatic heterocycles. The number of nitrogens with zero attached hydrogens (tertiary/aromatic N) is 2. The van der Waals surface area contributed by atoms with E-state index in [1.807, 2.05) is 73.7 Å². The lowest BCUT2D eigenvalue weighted by atomic mass is 10.1. The van der Waals surface area contributed by atoms with Crippen LogP contribution in [0.2, 0.25) is 0 Å². The molecule has 0 saturated heterocycles. The number of aryl methyl sites for hydroxylation is 1. The number of rotatable bonds is 8. The molecule has 1 saturated carbocycles. The van der Waals surface area contributed by atoms with E-state index in [-0.39, 0.29) is 11.8 Å². The zero-order valence-electron chi connectivity index (χ0n) is 18.7. The monoisotopic (exact) mass is 441 g/mol. The van der Waals surface area contributed by atoms with Crippen molar-refractivity contribution in [1.82, 2.24) is 14.8 Å². The van der Waals surface area contributed by atoms with Gasteiger partial charge in [-0.1, -0.05) is 30.3 Å². The second-order valence-corrected chi connectivity index (χ2v) is 8.52. The average molecular weight is 442 g/mol. The largest absolute Gasteiger partial charge is 0.467 e. The number of hydrogen-bond donors (Lipinski definition) is 1. The Balaban J connectivity index is 1.41. The number of furan rings is 1. The van der Waals surface area contributed by atoms with Gasteiger partial charge in [-0.15, -0.1) is 0 Å². The number of para-hydroxylation sites is 1. The van der Waals surface area contributed by atoms with Crippen molar-refractivity contribution in [3.05, 3.63) is 95.6 Å². The van der Waals surface area contributed by atoms with Crippen LogP contribution in [-0.2, 0) is 19.6 Å². The summed E-state index contributed by atoms with van der Waals surface area (Å²) in [6.45, 7) is 3.52. The van der Waals surface area contributed by atoms with Crippen molar-refractivity contribution in [2.45, 2.75) is 45.4 Å². The summed E-state index contributed by atoms with van der Waals surface area (Å²) in [5.74, 6) is 0.628. The highest BCUT2D eigenvalue weighted by atomic mass is 16.3. The normalized spacial score (nSPS) is 13.2. The first kappa shape index (κ1) is 21.1. The van der Waals surface area contributed by atoms with Gasteiger partial charge in [-0.25, -0.2) is 0 Å². The van der Waals surface area contributed by atoms with Crippen molar-refractivity contribution in [3.63, 3.8) is 0 Å². The quantitative estimate of drug-likeness (QED) is 0.419. The fraction of sp³-hybridized carbons (Fsp3) is 0.259. The molecule has 6 heteroatoms. The summed E-state index contributed by atoms with van der Waals surface area (Å²) in [5, 5.41) is 4.05. The highest BCUT2D eigenvalue weighted by Crippen LogP contribution is 2.23. The van der Waals surface area contributed by atoms with Gasteiger partial charge in [0.25, 0.3) is 11.8 Å². The minimum absolute atomic E-state index is 0.0416. The third-order valence-electron chi connectivity index (χ3n) is 6.06.